The zero-order valence-electron chi connectivity index (χ0n) is 19.3. The van der Waals surface area contributed by atoms with E-state index in [4.69, 9.17) is 0 Å². The number of hydrogen-bond acceptors (Lipinski definition) is 2. The first-order valence-electron chi connectivity index (χ1n) is 12.0. The predicted molar refractivity (Wildman–Crippen MR) is 117 cm³/mol. The molecule has 3 heteroatoms. The van der Waals surface area contributed by atoms with Crippen LogP contribution in [-0.4, -0.2) is 26.6 Å². The number of rotatable bonds is 19. The van der Waals surface area contributed by atoms with E-state index in [9.17, 15) is 9.90 Å². The van der Waals surface area contributed by atoms with Crippen molar-refractivity contribution in [3.8, 4) is 0 Å². The van der Waals surface area contributed by atoms with E-state index in [-0.39, 0.29) is 6.42 Å². The SMILES string of the molecule is CCCCCC(=O)[O-].CCCCCCCCCCCCCCCC[NH+](C)C. The summed E-state index contributed by atoms with van der Waals surface area (Å²) in [6.07, 6.45) is 23.5. The van der Waals surface area contributed by atoms with E-state index in [1.54, 1.807) is 4.90 Å². The van der Waals surface area contributed by atoms with Gasteiger partial charge < -0.3 is 14.8 Å². The molecule has 0 saturated heterocycles. The maximum absolute atomic E-state index is 9.76. The van der Waals surface area contributed by atoms with Crippen molar-refractivity contribution < 1.29 is 14.8 Å². The molecule has 0 spiro atoms. The maximum Gasteiger partial charge on any atom is 0.0766 e. The molecule has 1 N–H and O–H groups in total. The van der Waals surface area contributed by atoms with Gasteiger partial charge in [0.2, 0.25) is 0 Å². The molecule has 164 valence electrons. The molecule has 0 heterocycles. The van der Waals surface area contributed by atoms with Gasteiger partial charge in [0.15, 0.2) is 0 Å². The Labute approximate surface area is 171 Å². The summed E-state index contributed by atoms with van der Waals surface area (Å²) in [6, 6.07) is 0. The summed E-state index contributed by atoms with van der Waals surface area (Å²) in [4.78, 5) is 11.4. The van der Waals surface area contributed by atoms with E-state index in [0.29, 0.717) is 0 Å². The van der Waals surface area contributed by atoms with Gasteiger partial charge in [0.25, 0.3) is 0 Å². The molecule has 0 rings (SSSR count). The Morgan fingerprint density at radius 3 is 1.26 bits per heavy atom. The average Bonchev–Trinajstić information content (AvgIpc) is 2.62. The molecule has 27 heavy (non-hydrogen) atoms. The minimum atomic E-state index is -0.932. The molecular formula is C24H51NO2. The second-order valence-corrected chi connectivity index (χ2v) is 8.38. The van der Waals surface area contributed by atoms with E-state index in [0.717, 1.165) is 19.3 Å². The number of carbonyl (C=O) groups is 1. The normalized spacial score (nSPS) is 10.7. The molecule has 0 radical (unpaired) electrons. The predicted octanol–water partition coefficient (Wildman–Crippen LogP) is 4.93. The standard InChI is InChI=1S/C18H39N.C6H12O2/c1-4-5-6-7-8-9-10-11-12-13-14-15-16-17-18-19(2)3;1-2-3-4-5-6(7)8/h4-18H2,1-3H3;2-5H2,1H3,(H,7,8). The molecule has 0 aliphatic rings. The Hall–Kier alpha value is -0.570. The van der Waals surface area contributed by atoms with Gasteiger partial charge in [0.05, 0.1) is 20.6 Å². The molecule has 0 saturated carbocycles. The van der Waals surface area contributed by atoms with Gasteiger partial charge in [-0.3, -0.25) is 0 Å². The lowest BCUT2D eigenvalue weighted by Crippen LogP contribution is -3.05. The van der Waals surface area contributed by atoms with Crippen LogP contribution in [-0.2, 0) is 4.79 Å². The fourth-order valence-corrected chi connectivity index (χ4v) is 3.19. The average molecular weight is 386 g/mol. The van der Waals surface area contributed by atoms with Gasteiger partial charge in [-0.05, 0) is 25.7 Å². The molecule has 0 aromatic carbocycles. The highest BCUT2D eigenvalue weighted by atomic mass is 16.4. The summed E-state index contributed by atoms with van der Waals surface area (Å²) in [7, 11) is 4.50. The first-order valence-corrected chi connectivity index (χ1v) is 12.0. The summed E-state index contributed by atoms with van der Waals surface area (Å²) < 4.78 is 0. The quantitative estimate of drug-likeness (QED) is 0.320. The van der Waals surface area contributed by atoms with Crippen LogP contribution >= 0.6 is 0 Å². The molecule has 0 aromatic rings. The highest BCUT2D eigenvalue weighted by Gasteiger charge is 1.95. The van der Waals surface area contributed by atoms with Gasteiger partial charge in [-0.2, -0.15) is 0 Å². The van der Waals surface area contributed by atoms with Crippen molar-refractivity contribution in [1.82, 2.24) is 0 Å². The Kier molecular flexibility index (Phi) is 27.0. The molecule has 0 bridgehead atoms. The topological polar surface area (TPSA) is 44.6 Å². The summed E-state index contributed by atoms with van der Waals surface area (Å²) in [5.41, 5.74) is 0. The van der Waals surface area contributed by atoms with Crippen LogP contribution in [0.1, 0.15) is 129 Å². The zero-order chi connectivity index (χ0) is 20.6. The maximum atomic E-state index is 9.76. The zero-order valence-corrected chi connectivity index (χ0v) is 19.3. The third kappa shape index (κ3) is 33.4. The number of carboxylic acids is 1. The monoisotopic (exact) mass is 385 g/mol. The van der Waals surface area contributed by atoms with Gasteiger partial charge >= 0.3 is 0 Å². The lowest BCUT2D eigenvalue weighted by Gasteiger charge is -2.06. The van der Waals surface area contributed by atoms with Crippen molar-refractivity contribution in [2.45, 2.75) is 129 Å². The molecule has 0 aliphatic heterocycles. The number of carbonyl (C=O) groups excluding carboxylic acids is 1. The number of aliphatic carboxylic acids is 1. The molecule has 3 nitrogen and oxygen atoms in total. The highest BCUT2D eigenvalue weighted by molar-refractivity contribution is 5.63. The van der Waals surface area contributed by atoms with E-state index in [2.05, 4.69) is 21.0 Å². The highest BCUT2D eigenvalue weighted by Crippen LogP contribution is 2.12. The number of quaternary nitrogens is 1. The van der Waals surface area contributed by atoms with E-state index in [1.807, 2.05) is 6.92 Å². The fourth-order valence-electron chi connectivity index (χ4n) is 3.19. The molecule has 0 unspecified atom stereocenters. The number of nitrogens with one attached hydrogen (secondary N) is 1. The summed E-state index contributed by atoms with van der Waals surface area (Å²) in [6.45, 7) is 5.68. The summed E-state index contributed by atoms with van der Waals surface area (Å²) >= 11 is 0. The molecular weight excluding hydrogens is 334 g/mol. The number of carboxylic acid groups (broad SMARTS) is 1. The second kappa shape index (κ2) is 25.4. The van der Waals surface area contributed by atoms with Gasteiger partial charge in [0, 0.05) is 5.97 Å². The van der Waals surface area contributed by atoms with E-state index in [1.165, 1.54) is 96.4 Å². The summed E-state index contributed by atoms with van der Waals surface area (Å²) in [5, 5.41) is 9.76. The van der Waals surface area contributed by atoms with Crippen molar-refractivity contribution >= 4 is 5.97 Å². The summed E-state index contributed by atoms with van der Waals surface area (Å²) in [5.74, 6) is -0.932. The van der Waals surface area contributed by atoms with Crippen molar-refractivity contribution in [2.24, 2.45) is 0 Å². The Morgan fingerprint density at radius 1 is 0.593 bits per heavy atom. The first kappa shape index (κ1) is 28.6. The Morgan fingerprint density at radius 2 is 0.926 bits per heavy atom. The van der Waals surface area contributed by atoms with Crippen LogP contribution < -0.4 is 10.0 Å². The second-order valence-electron chi connectivity index (χ2n) is 8.38. The van der Waals surface area contributed by atoms with Gasteiger partial charge in [0.1, 0.15) is 0 Å². The van der Waals surface area contributed by atoms with Crippen LogP contribution in [0.15, 0.2) is 0 Å². The lowest BCUT2D eigenvalue weighted by atomic mass is 10.0. The fraction of sp³-hybridized carbons (Fsp3) is 0.958. The molecule has 0 amide bonds. The Balaban J connectivity index is 0. The van der Waals surface area contributed by atoms with Crippen molar-refractivity contribution in [2.75, 3.05) is 20.6 Å². The van der Waals surface area contributed by atoms with Crippen LogP contribution in [0.4, 0.5) is 0 Å². The lowest BCUT2D eigenvalue weighted by molar-refractivity contribution is -0.858. The minimum Gasteiger partial charge on any atom is -0.550 e. The van der Waals surface area contributed by atoms with Crippen molar-refractivity contribution in [3.63, 3.8) is 0 Å². The van der Waals surface area contributed by atoms with Crippen molar-refractivity contribution in [1.29, 1.82) is 0 Å². The third-order valence-electron chi connectivity index (χ3n) is 5.01. The molecule has 0 aromatic heterocycles. The van der Waals surface area contributed by atoms with E-state index >= 15 is 0 Å². The third-order valence-corrected chi connectivity index (χ3v) is 5.01. The van der Waals surface area contributed by atoms with Crippen LogP contribution in [0.3, 0.4) is 0 Å². The molecule has 0 atom stereocenters. The largest absolute Gasteiger partial charge is 0.550 e. The van der Waals surface area contributed by atoms with Crippen LogP contribution in [0.5, 0.6) is 0 Å². The van der Waals surface area contributed by atoms with Gasteiger partial charge in [-0.15, -0.1) is 0 Å². The van der Waals surface area contributed by atoms with Crippen LogP contribution in [0.2, 0.25) is 0 Å². The molecule has 0 fully saturated rings. The molecule has 0 aliphatic carbocycles. The first-order chi connectivity index (χ1) is 13.0. The van der Waals surface area contributed by atoms with Crippen LogP contribution in [0, 0.1) is 0 Å². The minimum absolute atomic E-state index is 0.216. The van der Waals surface area contributed by atoms with Crippen molar-refractivity contribution in [3.05, 3.63) is 0 Å². The smallest absolute Gasteiger partial charge is 0.0766 e. The van der Waals surface area contributed by atoms with Gasteiger partial charge in [-0.1, -0.05) is 104 Å². The number of hydrogen-bond donors (Lipinski definition) is 1. The van der Waals surface area contributed by atoms with Gasteiger partial charge in [-0.25, -0.2) is 0 Å². The Bertz CT molecular complexity index is 280. The number of unbranched alkanes of at least 4 members (excludes halogenated alkanes) is 15. The van der Waals surface area contributed by atoms with Crippen LogP contribution in [0.25, 0.3) is 0 Å². The van der Waals surface area contributed by atoms with E-state index < -0.39 is 5.97 Å².